The van der Waals surface area contributed by atoms with Crippen LogP contribution in [0.15, 0.2) is 84.9 Å². The van der Waals surface area contributed by atoms with Gasteiger partial charge in [-0.05, 0) is 30.0 Å². The maximum atomic E-state index is 14.2. The zero-order valence-corrected chi connectivity index (χ0v) is 20.4. The van der Waals surface area contributed by atoms with E-state index in [1.165, 1.54) is 6.42 Å². The van der Waals surface area contributed by atoms with E-state index >= 15 is 0 Å². The third-order valence-corrected chi connectivity index (χ3v) is 7.71. The van der Waals surface area contributed by atoms with Crippen molar-refractivity contribution in [1.82, 2.24) is 14.8 Å². The molecule has 1 aliphatic heterocycles. The van der Waals surface area contributed by atoms with Crippen LogP contribution in [0.2, 0.25) is 0 Å². The van der Waals surface area contributed by atoms with Crippen LogP contribution in [0, 0.1) is 0 Å². The molecule has 1 atom stereocenters. The van der Waals surface area contributed by atoms with Crippen molar-refractivity contribution < 1.29 is 9.59 Å². The summed E-state index contributed by atoms with van der Waals surface area (Å²) in [5, 5.41) is 4.15. The van der Waals surface area contributed by atoms with Gasteiger partial charge in [0.1, 0.15) is 11.7 Å². The number of nitrogens with one attached hydrogen (secondary N) is 1. The van der Waals surface area contributed by atoms with E-state index in [1.54, 1.807) is 0 Å². The number of hydrogen-bond acceptors (Lipinski definition) is 2. The van der Waals surface area contributed by atoms with E-state index in [9.17, 15) is 9.59 Å². The number of hydrogen-bond donors (Lipinski definition) is 1. The van der Waals surface area contributed by atoms with E-state index in [2.05, 4.69) is 34.1 Å². The average molecular weight is 478 g/mol. The van der Waals surface area contributed by atoms with Crippen molar-refractivity contribution >= 4 is 22.7 Å². The second kappa shape index (κ2) is 9.65. The van der Waals surface area contributed by atoms with Gasteiger partial charge in [0.05, 0.1) is 0 Å². The van der Waals surface area contributed by atoms with Crippen LogP contribution in [0.25, 0.3) is 10.9 Å². The number of carbonyl (C=O) groups excluding carboxylic acids is 2. The maximum Gasteiger partial charge on any atom is 0.272 e. The Kier molecular flexibility index (Phi) is 6.06. The van der Waals surface area contributed by atoms with Gasteiger partial charge in [-0.15, -0.1) is 0 Å². The van der Waals surface area contributed by atoms with E-state index in [4.69, 9.17) is 0 Å². The summed E-state index contributed by atoms with van der Waals surface area (Å²) in [4.78, 5) is 30.0. The quantitative estimate of drug-likeness (QED) is 0.380. The smallest absolute Gasteiger partial charge is 0.272 e. The first-order valence-electron chi connectivity index (χ1n) is 13.0. The normalized spacial score (nSPS) is 17.9. The zero-order chi connectivity index (χ0) is 24.5. The van der Waals surface area contributed by atoms with E-state index in [0.717, 1.165) is 53.3 Å². The van der Waals surface area contributed by atoms with Gasteiger partial charge in [0.25, 0.3) is 5.91 Å². The first-order valence-corrected chi connectivity index (χ1v) is 13.0. The standard InChI is InChI=1S/C31H31N3O2/c35-30(32-20-22-12-4-1-5-13-22)28-27-25-18-10-11-19-26(25)33(21-23-14-6-2-7-15-23)29(27)31(36)34(28)24-16-8-3-9-17-24/h1-2,4-7,10-15,18-19,24,28H,3,8-9,16-17,20-21H2,(H,32,35). The molecule has 1 aromatic heterocycles. The van der Waals surface area contributed by atoms with Crippen molar-refractivity contribution in [3.05, 3.63) is 107 Å². The van der Waals surface area contributed by atoms with Crippen molar-refractivity contribution in [3.8, 4) is 0 Å². The Hall–Kier alpha value is -3.86. The lowest BCUT2D eigenvalue weighted by Gasteiger charge is -2.35. The van der Waals surface area contributed by atoms with Gasteiger partial charge in [-0.2, -0.15) is 0 Å². The van der Waals surface area contributed by atoms with E-state index in [0.29, 0.717) is 18.8 Å². The highest BCUT2D eigenvalue weighted by molar-refractivity contribution is 6.10. The van der Waals surface area contributed by atoms with Gasteiger partial charge in [0.15, 0.2) is 0 Å². The molecule has 1 N–H and O–H groups in total. The summed E-state index contributed by atoms with van der Waals surface area (Å²) in [6, 6.07) is 27.8. The topological polar surface area (TPSA) is 54.3 Å². The van der Waals surface area contributed by atoms with Crippen LogP contribution in [0.1, 0.15) is 65.3 Å². The summed E-state index contributed by atoms with van der Waals surface area (Å²) in [5.41, 5.74) is 4.72. The number of benzene rings is 3. The Balaban J connectivity index is 1.45. The number of carbonyl (C=O) groups is 2. The predicted octanol–water partition coefficient (Wildman–Crippen LogP) is 5.84. The van der Waals surface area contributed by atoms with Crippen LogP contribution in [0.4, 0.5) is 0 Å². The summed E-state index contributed by atoms with van der Waals surface area (Å²) >= 11 is 0. The molecule has 1 aliphatic carbocycles. The Morgan fingerprint density at radius 3 is 2.17 bits per heavy atom. The minimum atomic E-state index is -0.610. The van der Waals surface area contributed by atoms with Crippen LogP contribution in [-0.2, 0) is 17.9 Å². The zero-order valence-electron chi connectivity index (χ0n) is 20.4. The second-order valence-corrected chi connectivity index (χ2v) is 9.96. The molecule has 2 aliphatic rings. The first kappa shape index (κ1) is 22.6. The molecule has 4 aromatic rings. The molecule has 5 heteroatoms. The van der Waals surface area contributed by atoms with Gasteiger partial charge in [0, 0.05) is 35.6 Å². The highest BCUT2D eigenvalue weighted by Gasteiger charge is 2.48. The Morgan fingerprint density at radius 2 is 1.44 bits per heavy atom. The molecule has 1 unspecified atom stereocenters. The molecule has 182 valence electrons. The number of amides is 2. The maximum absolute atomic E-state index is 14.2. The molecule has 0 spiro atoms. The van der Waals surface area contributed by atoms with Crippen LogP contribution in [-0.4, -0.2) is 27.3 Å². The fraction of sp³-hybridized carbons (Fsp3) is 0.290. The van der Waals surface area contributed by atoms with Crippen molar-refractivity contribution in [2.45, 2.75) is 57.3 Å². The SMILES string of the molecule is O=C(NCc1ccccc1)C1c2c(n(Cc3ccccc3)c3ccccc23)C(=O)N1C1CCCCC1. The second-order valence-electron chi connectivity index (χ2n) is 9.96. The number of aromatic nitrogens is 1. The largest absolute Gasteiger partial charge is 0.350 e. The third-order valence-electron chi connectivity index (χ3n) is 7.71. The Labute approximate surface area is 211 Å². The molecule has 2 amide bonds. The molecule has 1 fully saturated rings. The minimum Gasteiger partial charge on any atom is -0.350 e. The summed E-state index contributed by atoms with van der Waals surface area (Å²) in [7, 11) is 0. The molecular weight excluding hydrogens is 446 g/mol. The van der Waals surface area contributed by atoms with Gasteiger partial charge in [-0.3, -0.25) is 9.59 Å². The molecule has 5 nitrogen and oxygen atoms in total. The summed E-state index contributed by atoms with van der Waals surface area (Å²) < 4.78 is 2.13. The van der Waals surface area contributed by atoms with Gasteiger partial charge >= 0.3 is 0 Å². The Morgan fingerprint density at radius 1 is 0.806 bits per heavy atom. The molecule has 36 heavy (non-hydrogen) atoms. The van der Waals surface area contributed by atoms with E-state index in [-0.39, 0.29) is 17.9 Å². The van der Waals surface area contributed by atoms with Crippen LogP contribution in [0.3, 0.4) is 0 Å². The van der Waals surface area contributed by atoms with Crippen molar-refractivity contribution in [2.24, 2.45) is 0 Å². The molecule has 1 saturated carbocycles. The molecule has 0 saturated heterocycles. The summed E-state index contributed by atoms with van der Waals surface area (Å²) in [6.45, 7) is 1.04. The molecular formula is C31H31N3O2. The molecule has 3 aromatic carbocycles. The summed E-state index contributed by atoms with van der Waals surface area (Å²) in [5.74, 6) is -0.108. The lowest BCUT2D eigenvalue weighted by atomic mass is 9.93. The predicted molar refractivity (Wildman–Crippen MR) is 142 cm³/mol. The van der Waals surface area contributed by atoms with Gasteiger partial charge < -0.3 is 14.8 Å². The van der Waals surface area contributed by atoms with Gasteiger partial charge in [0.2, 0.25) is 5.91 Å². The van der Waals surface area contributed by atoms with E-state index < -0.39 is 6.04 Å². The number of rotatable bonds is 6. The van der Waals surface area contributed by atoms with Gasteiger partial charge in [-0.25, -0.2) is 0 Å². The average Bonchev–Trinajstić information content (AvgIpc) is 3.41. The fourth-order valence-corrected chi connectivity index (χ4v) is 6.02. The molecule has 0 bridgehead atoms. The Bertz CT molecular complexity index is 1390. The lowest BCUT2D eigenvalue weighted by Crippen LogP contribution is -2.45. The van der Waals surface area contributed by atoms with Crippen molar-refractivity contribution in [2.75, 3.05) is 0 Å². The highest BCUT2D eigenvalue weighted by atomic mass is 16.2. The highest BCUT2D eigenvalue weighted by Crippen LogP contribution is 2.44. The fourth-order valence-electron chi connectivity index (χ4n) is 6.02. The monoisotopic (exact) mass is 477 g/mol. The minimum absolute atomic E-state index is 0.0103. The van der Waals surface area contributed by atoms with E-state index in [1.807, 2.05) is 65.6 Å². The number of fused-ring (bicyclic) bond motifs is 3. The van der Waals surface area contributed by atoms with Crippen molar-refractivity contribution in [3.63, 3.8) is 0 Å². The van der Waals surface area contributed by atoms with Gasteiger partial charge in [-0.1, -0.05) is 98.1 Å². The van der Waals surface area contributed by atoms with Crippen LogP contribution < -0.4 is 5.32 Å². The van der Waals surface area contributed by atoms with Crippen molar-refractivity contribution in [1.29, 1.82) is 0 Å². The first-order chi connectivity index (χ1) is 17.7. The number of para-hydroxylation sites is 1. The third kappa shape index (κ3) is 3.98. The van der Waals surface area contributed by atoms with Crippen LogP contribution in [0.5, 0.6) is 0 Å². The summed E-state index contributed by atoms with van der Waals surface area (Å²) in [6.07, 6.45) is 5.30. The lowest BCUT2D eigenvalue weighted by molar-refractivity contribution is -0.126. The molecule has 2 heterocycles. The molecule has 6 rings (SSSR count). The van der Waals surface area contributed by atoms with Crippen LogP contribution >= 0.6 is 0 Å². The molecule has 0 radical (unpaired) electrons. The number of nitrogens with zero attached hydrogens (tertiary/aromatic N) is 2.